The van der Waals surface area contributed by atoms with Gasteiger partial charge in [0.1, 0.15) is 0 Å². The number of unbranched alkanes of at least 4 members (excludes halogenated alkanes) is 2. The quantitative estimate of drug-likeness (QED) is 0.179. The second kappa shape index (κ2) is 14.4. The number of carbonyl (C=O) groups is 2. The van der Waals surface area contributed by atoms with Gasteiger partial charge in [0.2, 0.25) is 0 Å². The first kappa shape index (κ1) is 29.7. The van der Waals surface area contributed by atoms with Gasteiger partial charge in [-0.2, -0.15) is 0 Å². The van der Waals surface area contributed by atoms with Crippen LogP contribution >= 0.6 is 11.6 Å². The first-order valence-corrected chi connectivity index (χ1v) is 13.7. The average Bonchev–Trinajstić information content (AvgIpc) is 3.31. The molecule has 38 heavy (non-hydrogen) atoms. The summed E-state index contributed by atoms with van der Waals surface area (Å²) in [7, 11) is 0. The van der Waals surface area contributed by atoms with Crippen LogP contribution in [0.2, 0.25) is 5.02 Å². The smallest absolute Gasteiger partial charge is 0.453 e. The monoisotopic (exact) mass is 547 g/mol. The summed E-state index contributed by atoms with van der Waals surface area (Å²) in [6.07, 6.45) is 3.71. The fraction of sp³-hybridized carbons (Fsp3) is 0.517. The van der Waals surface area contributed by atoms with E-state index < -0.39 is 23.8 Å². The molecule has 0 aliphatic carbocycles. The molecule has 2 aromatic rings. The van der Waals surface area contributed by atoms with Crippen LogP contribution in [0.15, 0.2) is 42.5 Å². The number of hydrogen-bond acceptors (Lipinski definition) is 8. The van der Waals surface area contributed by atoms with E-state index in [9.17, 15) is 14.7 Å². The highest BCUT2D eigenvalue weighted by atomic mass is 35.5. The molecule has 2 unspecified atom stereocenters. The highest BCUT2D eigenvalue weighted by Crippen LogP contribution is 2.41. The Balaban J connectivity index is 1.69. The van der Waals surface area contributed by atoms with Crippen molar-refractivity contribution in [3.05, 3.63) is 58.6 Å². The molecule has 0 saturated heterocycles. The van der Waals surface area contributed by atoms with E-state index in [1.807, 2.05) is 32.0 Å². The van der Waals surface area contributed by atoms with Crippen LogP contribution in [0.3, 0.4) is 0 Å². The summed E-state index contributed by atoms with van der Waals surface area (Å²) in [6, 6.07) is 12.5. The van der Waals surface area contributed by atoms with Gasteiger partial charge in [0.25, 0.3) is 0 Å². The Labute approximate surface area is 229 Å². The molecule has 0 radical (unpaired) electrons. The summed E-state index contributed by atoms with van der Waals surface area (Å²) >= 11 is 6.04. The molecule has 0 fully saturated rings. The summed E-state index contributed by atoms with van der Waals surface area (Å²) < 4.78 is 22.2. The number of aliphatic hydroxyl groups excluding tert-OH is 1. The SMILES string of the molecule is CCCCOC(=O)C1(C(=O)OCCCC)Oc2ccc(CC(CC)NCC(O)c3cccc(Cl)c3)cc2O1. The van der Waals surface area contributed by atoms with Crippen LogP contribution in [0.1, 0.15) is 70.1 Å². The van der Waals surface area contributed by atoms with Crippen molar-refractivity contribution in [3.63, 3.8) is 0 Å². The molecule has 8 nitrogen and oxygen atoms in total. The molecule has 1 heterocycles. The number of benzene rings is 2. The summed E-state index contributed by atoms with van der Waals surface area (Å²) in [5.74, 6) is -3.62. The zero-order chi connectivity index (χ0) is 27.5. The van der Waals surface area contributed by atoms with Gasteiger partial charge in [-0.05, 0) is 61.1 Å². The minimum atomic E-state index is -2.31. The molecule has 2 N–H and O–H groups in total. The molecular formula is C29H38ClNO7. The molecule has 0 aromatic heterocycles. The Kier molecular flexibility index (Phi) is 11.2. The standard InChI is InChI=1S/C29H38ClNO7/c1-4-7-14-35-27(33)29(28(34)36-15-8-5-2)37-25-13-12-20(17-26(25)38-29)16-23(6-3)31-19-24(32)21-10-9-11-22(30)18-21/h9-13,17-18,23-24,31-32H,4-8,14-16,19H2,1-3H3. The van der Waals surface area contributed by atoms with Gasteiger partial charge in [-0.1, -0.05) is 63.4 Å². The predicted octanol–water partition coefficient (Wildman–Crippen LogP) is 5.14. The molecule has 0 bridgehead atoms. The maximum atomic E-state index is 13.0. The zero-order valence-corrected chi connectivity index (χ0v) is 23.1. The number of aliphatic hydroxyl groups is 1. The number of nitrogens with one attached hydrogen (secondary N) is 1. The van der Waals surface area contributed by atoms with Crippen molar-refractivity contribution in [1.29, 1.82) is 0 Å². The number of esters is 2. The van der Waals surface area contributed by atoms with E-state index in [0.29, 0.717) is 30.8 Å². The number of carbonyl (C=O) groups excluding carboxylic acids is 2. The number of rotatable bonds is 15. The van der Waals surface area contributed by atoms with Crippen molar-refractivity contribution < 1.29 is 33.6 Å². The van der Waals surface area contributed by atoms with Gasteiger partial charge >= 0.3 is 17.7 Å². The van der Waals surface area contributed by atoms with E-state index in [4.69, 9.17) is 30.5 Å². The maximum Gasteiger partial charge on any atom is 0.453 e. The molecular weight excluding hydrogens is 510 g/mol. The van der Waals surface area contributed by atoms with Crippen LogP contribution < -0.4 is 14.8 Å². The van der Waals surface area contributed by atoms with Crippen LogP contribution in [-0.4, -0.2) is 48.6 Å². The third-order valence-corrected chi connectivity index (χ3v) is 6.56. The third-order valence-electron chi connectivity index (χ3n) is 6.32. The molecule has 3 rings (SSSR count). The summed E-state index contributed by atoms with van der Waals surface area (Å²) in [5.41, 5.74) is 1.66. The second-order valence-electron chi connectivity index (χ2n) is 9.37. The summed E-state index contributed by atoms with van der Waals surface area (Å²) in [4.78, 5) is 25.9. The van der Waals surface area contributed by atoms with Crippen molar-refractivity contribution in [3.8, 4) is 11.5 Å². The Morgan fingerprint density at radius 2 is 1.63 bits per heavy atom. The average molecular weight is 548 g/mol. The molecule has 2 aromatic carbocycles. The number of fused-ring (bicyclic) bond motifs is 1. The van der Waals surface area contributed by atoms with E-state index in [2.05, 4.69) is 12.2 Å². The first-order chi connectivity index (χ1) is 18.3. The number of hydrogen-bond donors (Lipinski definition) is 2. The van der Waals surface area contributed by atoms with Crippen LogP contribution in [0.25, 0.3) is 0 Å². The van der Waals surface area contributed by atoms with Crippen LogP contribution in [0.5, 0.6) is 11.5 Å². The molecule has 1 aliphatic rings. The van der Waals surface area contributed by atoms with Crippen molar-refractivity contribution in [2.45, 2.75) is 77.2 Å². The third kappa shape index (κ3) is 7.62. The van der Waals surface area contributed by atoms with Gasteiger partial charge in [0.05, 0.1) is 19.3 Å². The normalized spacial score (nSPS) is 15.1. The fourth-order valence-electron chi connectivity index (χ4n) is 3.99. The van der Waals surface area contributed by atoms with Crippen molar-refractivity contribution in [2.24, 2.45) is 0 Å². The molecule has 0 amide bonds. The Morgan fingerprint density at radius 3 is 2.24 bits per heavy atom. The number of ether oxygens (including phenoxy) is 4. The van der Waals surface area contributed by atoms with Crippen molar-refractivity contribution >= 4 is 23.5 Å². The van der Waals surface area contributed by atoms with Crippen LogP contribution in [0.4, 0.5) is 0 Å². The lowest BCUT2D eigenvalue weighted by Crippen LogP contribution is -2.56. The summed E-state index contributed by atoms with van der Waals surface area (Å²) in [5, 5.41) is 14.5. The number of halogens is 1. The van der Waals surface area contributed by atoms with Crippen LogP contribution in [0, 0.1) is 0 Å². The lowest BCUT2D eigenvalue weighted by molar-refractivity contribution is -0.202. The van der Waals surface area contributed by atoms with E-state index in [1.165, 1.54) is 0 Å². The summed E-state index contributed by atoms with van der Waals surface area (Å²) in [6.45, 7) is 6.66. The molecule has 208 valence electrons. The van der Waals surface area contributed by atoms with Gasteiger partial charge in [0, 0.05) is 17.6 Å². The molecule has 0 spiro atoms. The molecule has 0 saturated carbocycles. The van der Waals surface area contributed by atoms with E-state index in [-0.39, 0.29) is 30.8 Å². The minimum Gasteiger partial charge on any atom is -0.459 e. The van der Waals surface area contributed by atoms with E-state index in [1.54, 1.807) is 24.3 Å². The second-order valence-corrected chi connectivity index (χ2v) is 9.81. The largest absolute Gasteiger partial charge is 0.459 e. The zero-order valence-electron chi connectivity index (χ0n) is 22.3. The highest BCUT2D eigenvalue weighted by Gasteiger charge is 2.59. The first-order valence-electron chi connectivity index (χ1n) is 13.3. The van der Waals surface area contributed by atoms with Crippen LogP contribution in [-0.2, 0) is 25.5 Å². The van der Waals surface area contributed by atoms with Gasteiger partial charge in [-0.3, -0.25) is 0 Å². The van der Waals surface area contributed by atoms with E-state index >= 15 is 0 Å². The highest BCUT2D eigenvalue weighted by molar-refractivity contribution is 6.30. The Morgan fingerprint density at radius 1 is 0.974 bits per heavy atom. The van der Waals surface area contributed by atoms with Crippen molar-refractivity contribution in [2.75, 3.05) is 19.8 Å². The topological polar surface area (TPSA) is 103 Å². The van der Waals surface area contributed by atoms with E-state index in [0.717, 1.165) is 30.4 Å². The lowest BCUT2D eigenvalue weighted by atomic mass is 10.0. The van der Waals surface area contributed by atoms with Gasteiger partial charge < -0.3 is 29.4 Å². The Hall–Kier alpha value is -2.81. The van der Waals surface area contributed by atoms with Crippen molar-refractivity contribution in [1.82, 2.24) is 5.32 Å². The minimum absolute atomic E-state index is 0.0620. The molecule has 9 heteroatoms. The molecule has 2 atom stereocenters. The van der Waals surface area contributed by atoms with Gasteiger partial charge in [0.15, 0.2) is 11.5 Å². The maximum absolute atomic E-state index is 13.0. The van der Waals surface area contributed by atoms with Gasteiger partial charge in [-0.25, -0.2) is 9.59 Å². The fourth-order valence-corrected chi connectivity index (χ4v) is 4.19. The van der Waals surface area contributed by atoms with Gasteiger partial charge in [-0.15, -0.1) is 0 Å². The Bertz CT molecular complexity index is 1050. The predicted molar refractivity (Wildman–Crippen MR) is 144 cm³/mol. The lowest BCUT2D eigenvalue weighted by Gasteiger charge is -2.23. The molecule has 1 aliphatic heterocycles.